The minimum Gasteiger partial charge on any atom is -0.459 e. The van der Waals surface area contributed by atoms with Crippen molar-refractivity contribution in [3.63, 3.8) is 0 Å². The molecular formula is C11H7F2N3O5. The Morgan fingerprint density at radius 3 is 2.76 bits per heavy atom. The summed E-state index contributed by atoms with van der Waals surface area (Å²) in [6, 6.07) is 1.35. The van der Waals surface area contributed by atoms with Gasteiger partial charge in [0, 0.05) is 6.07 Å². The zero-order valence-corrected chi connectivity index (χ0v) is 10.5. The Balaban J connectivity index is 2.50. The summed E-state index contributed by atoms with van der Waals surface area (Å²) in [6.07, 6.45) is 0. The standard InChI is InChI=1S/C11H7F2N3O5/c1-2-20-11(17)10-15-14-9(21-10)7-5(12)3-4-6(8(7)13)16(18)19/h3-4H,2H2,1H3. The lowest BCUT2D eigenvalue weighted by Crippen LogP contribution is -2.04. The van der Waals surface area contributed by atoms with Crippen LogP contribution in [0.2, 0.25) is 0 Å². The zero-order valence-electron chi connectivity index (χ0n) is 10.5. The van der Waals surface area contributed by atoms with Crippen LogP contribution in [0, 0.1) is 21.7 Å². The molecule has 0 unspecified atom stereocenters. The first kappa shape index (κ1) is 14.5. The summed E-state index contributed by atoms with van der Waals surface area (Å²) in [6.45, 7) is 1.57. The Bertz CT molecular complexity index is 716. The van der Waals surface area contributed by atoms with E-state index in [1.54, 1.807) is 0 Å². The van der Waals surface area contributed by atoms with Gasteiger partial charge in [0.15, 0.2) is 0 Å². The van der Waals surface area contributed by atoms with Crippen LogP contribution < -0.4 is 0 Å². The van der Waals surface area contributed by atoms with E-state index in [0.29, 0.717) is 12.1 Å². The average Bonchev–Trinajstić information content (AvgIpc) is 2.88. The Morgan fingerprint density at radius 2 is 2.14 bits per heavy atom. The van der Waals surface area contributed by atoms with Gasteiger partial charge in [0.25, 0.3) is 5.89 Å². The Kier molecular flexibility index (Phi) is 3.87. The average molecular weight is 299 g/mol. The van der Waals surface area contributed by atoms with Crippen molar-refractivity contribution in [2.45, 2.75) is 6.92 Å². The minimum absolute atomic E-state index is 0.0378. The first-order valence-electron chi connectivity index (χ1n) is 5.59. The monoisotopic (exact) mass is 299 g/mol. The highest BCUT2D eigenvalue weighted by Gasteiger charge is 2.27. The molecule has 1 aromatic heterocycles. The van der Waals surface area contributed by atoms with Gasteiger partial charge in [0.1, 0.15) is 11.4 Å². The van der Waals surface area contributed by atoms with Crippen LogP contribution in [0.1, 0.15) is 17.6 Å². The van der Waals surface area contributed by atoms with E-state index in [1.165, 1.54) is 6.92 Å². The molecule has 0 amide bonds. The van der Waals surface area contributed by atoms with Crippen molar-refractivity contribution in [2.24, 2.45) is 0 Å². The molecule has 0 saturated heterocycles. The van der Waals surface area contributed by atoms with E-state index < -0.39 is 45.6 Å². The molecule has 1 aromatic carbocycles. The second kappa shape index (κ2) is 5.61. The number of ether oxygens (including phenoxy) is 1. The van der Waals surface area contributed by atoms with Crippen molar-refractivity contribution in [2.75, 3.05) is 6.61 Å². The molecule has 0 spiro atoms. The van der Waals surface area contributed by atoms with Gasteiger partial charge in [-0.05, 0) is 13.0 Å². The second-order valence-corrected chi connectivity index (χ2v) is 3.65. The molecule has 0 aliphatic heterocycles. The van der Waals surface area contributed by atoms with Gasteiger partial charge in [0.05, 0.1) is 11.5 Å². The summed E-state index contributed by atoms with van der Waals surface area (Å²) in [7, 11) is 0. The van der Waals surface area contributed by atoms with Crippen molar-refractivity contribution < 1.29 is 27.7 Å². The van der Waals surface area contributed by atoms with Crippen LogP contribution in [0.15, 0.2) is 16.5 Å². The summed E-state index contributed by atoms with van der Waals surface area (Å²) in [5.41, 5.74) is -1.84. The molecule has 0 fully saturated rings. The topological polar surface area (TPSA) is 108 Å². The van der Waals surface area contributed by atoms with E-state index in [-0.39, 0.29) is 6.61 Å². The molecule has 2 aromatic rings. The van der Waals surface area contributed by atoms with Crippen LogP contribution in [-0.4, -0.2) is 27.7 Å². The number of nitrogens with zero attached hydrogens (tertiary/aromatic N) is 3. The van der Waals surface area contributed by atoms with Crippen LogP contribution in [0.25, 0.3) is 11.5 Å². The van der Waals surface area contributed by atoms with Crippen molar-refractivity contribution in [3.05, 3.63) is 39.8 Å². The number of aromatic nitrogens is 2. The molecule has 0 aliphatic carbocycles. The number of halogens is 2. The quantitative estimate of drug-likeness (QED) is 0.483. The Morgan fingerprint density at radius 1 is 1.43 bits per heavy atom. The minimum atomic E-state index is -1.47. The third-order valence-electron chi connectivity index (χ3n) is 2.36. The number of hydrogen-bond donors (Lipinski definition) is 0. The first-order valence-corrected chi connectivity index (χ1v) is 5.59. The molecule has 21 heavy (non-hydrogen) atoms. The molecule has 1 heterocycles. The van der Waals surface area contributed by atoms with Crippen molar-refractivity contribution in [3.8, 4) is 11.5 Å². The fourth-order valence-corrected chi connectivity index (χ4v) is 1.48. The lowest BCUT2D eigenvalue weighted by atomic mass is 10.1. The molecule has 0 aliphatic rings. The number of hydrogen-bond acceptors (Lipinski definition) is 7. The summed E-state index contributed by atoms with van der Waals surface area (Å²) in [5, 5.41) is 17.2. The number of carbonyl (C=O) groups excluding carboxylic acids is 1. The predicted octanol–water partition coefficient (Wildman–Crippen LogP) is 2.10. The summed E-state index contributed by atoms with van der Waals surface area (Å²) in [4.78, 5) is 20.9. The molecule has 0 bridgehead atoms. The fraction of sp³-hybridized carbons (Fsp3) is 0.182. The number of benzene rings is 1. The Labute approximate surface area is 115 Å². The molecule has 0 saturated carbocycles. The van der Waals surface area contributed by atoms with Gasteiger partial charge in [-0.1, -0.05) is 0 Å². The van der Waals surface area contributed by atoms with Crippen LogP contribution in [0.3, 0.4) is 0 Å². The van der Waals surface area contributed by atoms with E-state index in [9.17, 15) is 23.7 Å². The maximum absolute atomic E-state index is 13.9. The summed E-state index contributed by atoms with van der Waals surface area (Å²) >= 11 is 0. The van der Waals surface area contributed by atoms with Gasteiger partial charge >= 0.3 is 17.5 Å². The van der Waals surface area contributed by atoms with E-state index in [0.717, 1.165) is 0 Å². The number of nitro groups is 1. The van der Waals surface area contributed by atoms with Gasteiger partial charge in [-0.3, -0.25) is 10.1 Å². The maximum atomic E-state index is 13.9. The van der Waals surface area contributed by atoms with Crippen LogP contribution in [0.5, 0.6) is 0 Å². The highest BCUT2D eigenvalue weighted by atomic mass is 19.1. The van der Waals surface area contributed by atoms with Gasteiger partial charge < -0.3 is 9.15 Å². The summed E-state index contributed by atoms with van der Waals surface area (Å²) < 4.78 is 36.9. The van der Waals surface area contributed by atoms with Gasteiger partial charge in [-0.2, -0.15) is 4.39 Å². The van der Waals surface area contributed by atoms with Crippen LogP contribution in [-0.2, 0) is 4.74 Å². The first-order chi connectivity index (χ1) is 9.95. The maximum Gasteiger partial charge on any atom is 0.396 e. The lowest BCUT2D eigenvalue weighted by molar-refractivity contribution is -0.387. The molecule has 10 heteroatoms. The third-order valence-corrected chi connectivity index (χ3v) is 2.36. The fourth-order valence-electron chi connectivity index (χ4n) is 1.48. The number of carbonyl (C=O) groups is 1. The van der Waals surface area contributed by atoms with Crippen LogP contribution in [0.4, 0.5) is 14.5 Å². The molecule has 8 nitrogen and oxygen atoms in total. The van der Waals surface area contributed by atoms with Crippen LogP contribution >= 0.6 is 0 Å². The molecule has 0 atom stereocenters. The highest BCUT2D eigenvalue weighted by molar-refractivity contribution is 5.84. The summed E-state index contributed by atoms with van der Waals surface area (Å²) in [5.74, 6) is -4.90. The Hall–Kier alpha value is -2.91. The number of esters is 1. The van der Waals surface area contributed by atoms with E-state index >= 15 is 0 Å². The second-order valence-electron chi connectivity index (χ2n) is 3.65. The van der Waals surface area contributed by atoms with E-state index in [1.807, 2.05) is 0 Å². The zero-order chi connectivity index (χ0) is 15.6. The predicted molar refractivity (Wildman–Crippen MR) is 62.3 cm³/mol. The molecule has 2 rings (SSSR count). The van der Waals surface area contributed by atoms with Crippen molar-refractivity contribution in [1.82, 2.24) is 10.2 Å². The molecular weight excluding hydrogens is 292 g/mol. The normalized spacial score (nSPS) is 10.4. The SMILES string of the molecule is CCOC(=O)c1nnc(-c2c(F)ccc([N+](=O)[O-])c2F)o1. The lowest BCUT2D eigenvalue weighted by Gasteiger charge is -2.00. The molecule has 0 radical (unpaired) electrons. The van der Waals surface area contributed by atoms with E-state index in [2.05, 4.69) is 14.9 Å². The smallest absolute Gasteiger partial charge is 0.396 e. The largest absolute Gasteiger partial charge is 0.459 e. The number of nitro benzene ring substituents is 1. The third kappa shape index (κ3) is 2.68. The van der Waals surface area contributed by atoms with E-state index in [4.69, 9.17) is 4.42 Å². The van der Waals surface area contributed by atoms with Gasteiger partial charge in [0.2, 0.25) is 5.82 Å². The molecule has 0 N–H and O–H groups in total. The van der Waals surface area contributed by atoms with Crippen molar-refractivity contribution in [1.29, 1.82) is 0 Å². The van der Waals surface area contributed by atoms with Crippen molar-refractivity contribution >= 4 is 11.7 Å². The molecule has 110 valence electrons. The van der Waals surface area contributed by atoms with Gasteiger partial charge in [-0.15, -0.1) is 10.2 Å². The number of rotatable bonds is 4. The van der Waals surface area contributed by atoms with Gasteiger partial charge in [-0.25, -0.2) is 9.18 Å². The highest BCUT2D eigenvalue weighted by Crippen LogP contribution is 2.30.